The molecule has 21 heavy (non-hydrogen) atoms. The van der Waals surface area contributed by atoms with Gasteiger partial charge in [-0.15, -0.1) is 0 Å². The van der Waals surface area contributed by atoms with Crippen molar-refractivity contribution in [2.75, 3.05) is 7.05 Å². The highest BCUT2D eigenvalue weighted by Gasteiger charge is 2.31. The summed E-state index contributed by atoms with van der Waals surface area (Å²) in [6.07, 6.45) is 6.20. The van der Waals surface area contributed by atoms with E-state index in [2.05, 4.69) is 50.5 Å². The molecular formula is C20H25N. The molecule has 1 heteroatoms. The van der Waals surface area contributed by atoms with Crippen LogP contribution in [-0.4, -0.2) is 7.05 Å². The molecule has 0 spiro atoms. The van der Waals surface area contributed by atoms with Gasteiger partial charge in [0.15, 0.2) is 0 Å². The SMILES string of the molecule is CNC1CC(C)(C)CCc2c1cc1c3c(cccc23)CC1. The Hall–Kier alpha value is -1.34. The number of benzene rings is 2. The summed E-state index contributed by atoms with van der Waals surface area (Å²) in [5, 5.41) is 6.70. The second-order valence-corrected chi connectivity index (χ2v) is 7.65. The first-order valence-electron chi connectivity index (χ1n) is 8.32. The van der Waals surface area contributed by atoms with Gasteiger partial charge in [-0.2, -0.15) is 0 Å². The number of nitrogens with one attached hydrogen (secondary N) is 1. The van der Waals surface area contributed by atoms with Crippen LogP contribution in [0.2, 0.25) is 0 Å². The lowest BCUT2D eigenvalue weighted by atomic mass is 9.83. The third-order valence-corrected chi connectivity index (χ3v) is 5.67. The fourth-order valence-electron chi connectivity index (χ4n) is 4.48. The first-order chi connectivity index (χ1) is 10.1. The second kappa shape index (κ2) is 4.58. The van der Waals surface area contributed by atoms with Gasteiger partial charge in [-0.05, 0) is 77.6 Å². The van der Waals surface area contributed by atoms with Crippen molar-refractivity contribution in [1.29, 1.82) is 0 Å². The van der Waals surface area contributed by atoms with E-state index in [0.29, 0.717) is 11.5 Å². The van der Waals surface area contributed by atoms with Crippen LogP contribution < -0.4 is 5.32 Å². The number of aryl methyl sites for hydroxylation is 3. The molecule has 0 saturated heterocycles. The van der Waals surface area contributed by atoms with E-state index in [0.717, 1.165) is 0 Å². The fourth-order valence-corrected chi connectivity index (χ4v) is 4.48. The fraction of sp³-hybridized carbons (Fsp3) is 0.500. The van der Waals surface area contributed by atoms with E-state index in [9.17, 15) is 0 Å². The lowest BCUT2D eigenvalue weighted by molar-refractivity contribution is 0.279. The number of rotatable bonds is 1. The van der Waals surface area contributed by atoms with Gasteiger partial charge in [0, 0.05) is 6.04 Å². The van der Waals surface area contributed by atoms with Crippen molar-refractivity contribution in [2.24, 2.45) is 5.41 Å². The number of hydrogen-bond acceptors (Lipinski definition) is 1. The van der Waals surface area contributed by atoms with Crippen molar-refractivity contribution < 1.29 is 0 Å². The zero-order valence-corrected chi connectivity index (χ0v) is 13.4. The van der Waals surface area contributed by atoms with E-state index in [4.69, 9.17) is 0 Å². The quantitative estimate of drug-likeness (QED) is 0.754. The maximum atomic E-state index is 3.59. The van der Waals surface area contributed by atoms with E-state index in [1.54, 1.807) is 27.6 Å². The molecule has 0 radical (unpaired) electrons. The van der Waals surface area contributed by atoms with Gasteiger partial charge in [0.2, 0.25) is 0 Å². The zero-order chi connectivity index (χ0) is 14.6. The second-order valence-electron chi connectivity index (χ2n) is 7.65. The Morgan fingerprint density at radius 3 is 2.71 bits per heavy atom. The summed E-state index contributed by atoms with van der Waals surface area (Å²) in [4.78, 5) is 0. The van der Waals surface area contributed by atoms with Gasteiger partial charge in [-0.1, -0.05) is 38.1 Å². The Balaban J connectivity index is 1.99. The smallest absolute Gasteiger partial charge is 0.0325 e. The minimum absolute atomic E-state index is 0.418. The maximum Gasteiger partial charge on any atom is 0.0325 e. The first kappa shape index (κ1) is 13.3. The molecule has 0 heterocycles. The maximum absolute atomic E-state index is 3.59. The molecule has 2 aliphatic carbocycles. The molecule has 1 nitrogen and oxygen atoms in total. The molecule has 0 aliphatic heterocycles. The predicted octanol–water partition coefficient (Wildman–Crippen LogP) is 4.56. The van der Waals surface area contributed by atoms with Crippen molar-refractivity contribution >= 4 is 10.8 Å². The Labute approximate surface area is 127 Å². The van der Waals surface area contributed by atoms with E-state index in [1.807, 2.05) is 0 Å². The molecule has 0 saturated carbocycles. The Bertz CT molecular complexity index is 711. The summed E-state index contributed by atoms with van der Waals surface area (Å²) in [7, 11) is 2.12. The van der Waals surface area contributed by atoms with Gasteiger partial charge in [-0.3, -0.25) is 0 Å². The summed E-state index contributed by atoms with van der Waals surface area (Å²) >= 11 is 0. The summed E-state index contributed by atoms with van der Waals surface area (Å²) < 4.78 is 0. The van der Waals surface area contributed by atoms with Crippen LogP contribution in [0, 0.1) is 5.41 Å². The predicted molar refractivity (Wildman–Crippen MR) is 89.9 cm³/mol. The first-order valence-corrected chi connectivity index (χ1v) is 8.32. The van der Waals surface area contributed by atoms with Crippen LogP contribution in [0.3, 0.4) is 0 Å². The van der Waals surface area contributed by atoms with E-state index < -0.39 is 0 Å². The van der Waals surface area contributed by atoms with E-state index in [1.165, 1.54) is 37.5 Å². The van der Waals surface area contributed by atoms with E-state index >= 15 is 0 Å². The molecule has 1 N–H and O–H groups in total. The minimum atomic E-state index is 0.418. The minimum Gasteiger partial charge on any atom is -0.313 e. The van der Waals surface area contributed by atoms with E-state index in [-0.39, 0.29) is 0 Å². The summed E-state index contributed by atoms with van der Waals surface area (Å²) in [6.45, 7) is 4.84. The van der Waals surface area contributed by atoms with Crippen LogP contribution >= 0.6 is 0 Å². The molecule has 0 amide bonds. The number of fused-ring (bicyclic) bond motifs is 2. The lowest BCUT2D eigenvalue weighted by Crippen LogP contribution is -2.22. The molecule has 0 fully saturated rings. The van der Waals surface area contributed by atoms with Gasteiger partial charge < -0.3 is 5.32 Å². The van der Waals surface area contributed by atoms with Crippen LogP contribution in [0.15, 0.2) is 24.3 Å². The van der Waals surface area contributed by atoms with Crippen LogP contribution in [0.1, 0.15) is 55.0 Å². The zero-order valence-electron chi connectivity index (χ0n) is 13.4. The van der Waals surface area contributed by atoms with Gasteiger partial charge in [-0.25, -0.2) is 0 Å². The largest absolute Gasteiger partial charge is 0.313 e. The summed E-state index contributed by atoms with van der Waals surface area (Å²) in [5.41, 5.74) is 6.75. The van der Waals surface area contributed by atoms with Gasteiger partial charge in [0.1, 0.15) is 0 Å². The Kier molecular flexibility index (Phi) is 2.91. The lowest BCUT2D eigenvalue weighted by Gasteiger charge is -2.27. The highest BCUT2D eigenvalue weighted by molar-refractivity contribution is 5.94. The third kappa shape index (κ3) is 2.02. The molecule has 1 atom stereocenters. The average Bonchev–Trinajstić information content (AvgIpc) is 2.82. The molecule has 0 bridgehead atoms. The molecule has 2 aliphatic rings. The molecule has 1 unspecified atom stereocenters. The van der Waals surface area contributed by atoms with Crippen molar-refractivity contribution in [3.63, 3.8) is 0 Å². The van der Waals surface area contributed by atoms with Gasteiger partial charge in [0.25, 0.3) is 0 Å². The Morgan fingerprint density at radius 1 is 1.10 bits per heavy atom. The average molecular weight is 279 g/mol. The number of hydrogen-bond donors (Lipinski definition) is 1. The van der Waals surface area contributed by atoms with Gasteiger partial charge >= 0.3 is 0 Å². The molecule has 2 aromatic carbocycles. The standard InChI is InChI=1S/C20H25N/c1-20(2)10-9-15-16-6-4-5-13-7-8-14(19(13)16)11-17(15)18(12-20)21-3/h4-6,11,18,21H,7-10,12H2,1-3H3. The molecule has 0 aromatic heterocycles. The van der Waals surface area contributed by atoms with Crippen LogP contribution in [0.5, 0.6) is 0 Å². The van der Waals surface area contributed by atoms with Gasteiger partial charge in [0.05, 0.1) is 0 Å². The normalized spacial score (nSPS) is 23.1. The molecular weight excluding hydrogens is 254 g/mol. The summed E-state index contributed by atoms with van der Waals surface area (Å²) in [5.74, 6) is 0. The van der Waals surface area contributed by atoms with Crippen LogP contribution in [-0.2, 0) is 19.3 Å². The molecule has 110 valence electrons. The molecule has 4 rings (SSSR count). The highest BCUT2D eigenvalue weighted by atomic mass is 14.9. The monoisotopic (exact) mass is 279 g/mol. The van der Waals surface area contributed by atoms with Crippen molar-refractivity contribution in [2.45, 2.75) is 52.0 Å². The van der Waals surface area contributed by atoms with Crippen molar-refractivity contribution in [3.05, 3.63) is 46.5 Å². The summed E-state index contributed by atoms with van der Waals surface area (Å²) in [6, 6.07) is 9.97. The highest BCUT2D eigenvalue weighted by Crippen LogP contribution is 2.44. The topological polar surface area (TPSA) is 12.0 Å². The van der Waals surface area contributed by atoms with Crippen LogP contribution in [0.25, 0.3) is 10.8 Å². The van der Waals surface area contributed by atoms with Crippen molar-refractivity contribution in [3.8, 4) is 0 Å². The van der Waals surface area contributed by atoms with Crippen molar-refractivity contribution in [1.82, 2.24) is 5.32 Å². The third-order valence-electron chi connectivity index (χ3n) is 5.67. The van der Waals surface area contributed by atoms with Crippen LogP contribution in [0.4, 0.5) is 0 Å². The molecule has 2 aromatic rings. The Morgan fingerprint density at radius 2 is 1.90 bits per heavy atom.